The Kier molecular flexibility index (Phi) is 8.78. The first-order valence-electron chi connectivity index (χ1n) is 10.1. The fourth-order valence-electron chi connectivity index (χ4n) is 2.62. The number of hydrogen-bond donors (Lipinski definition) is 2. The average Bonchev–Trinajstić information content (AvgIpc) is 3.35. The minimum absolute atomic E-state index is 0.0589. The summed E-state index contributed by atoms with van der Waals surface area (Å²) in [5, 5.41) is 4.51. The third-order valence-electron chi connectivity index (χ3n) is 4.37. The van der Waals surface area contributed by atoms with E-state index in [9.17, 15) is 27.2 Å². The summed E-state index contributed by atoms with van der Waals surface area (Å²) in [5.41, 5.74) is -1.29. The van der Waals surface area contributed by atoms with Crippen molar-refractivity contribution in [2.24, 2.45) is 4.99 Å². The molecule has 3 heterocycles. The molecule has 0 spiro atoms. The van der Waals surface area contributed by atoms with E-state index in [1.54, 1.807) is 6.92 Å². The molecule has 0 saturated heterocycles. The van der Waals surface area contributed by atoms with Crippen molar-refractivity contribution in [3.8, 4) is 0 Å². The standard InChI is InChI=1S/C22H16ClF4N7O2S/c1-3-4-28-19(24)11(2)14-6-15(33-10-32-14)20(35)31-9-18-30-8-16(37-18)21(36)34-17-5-12(22(25,26)27)13(23)7-29-17/h3-8,10H,2,9H2,1H3,(H,31,35)(H,29,34,36)/b4-3-,28-19+. The monoisotopic (exact) mass is 553 g/mol. The van der Waals surface area contributed by atoms with Crippen LogP contribution in [0.15, 0.2) is 54.7 Å². The highest BCUT2D eigenvalue weighted by Crippen LogP contribution is 2.35. The van der Waals surface area contributed by atoms with Gasteiger partial charge < -0.3 is 10.6 Å². The molecule has 0 radical (unpaired) electrons. The van der Waals surface area contributed by atoms with Gasteiger partial charge in [-0.25, -0.2) is 24.9 Å². The zero-order valence-electron chi connectivity index (χ0n) is 18.8. The van der Waals surface area contributed by atoms with E-state index in [2.05, 4.69) is 42.1 Å². The largest absolute Gasteiger partial charge is 0.418 e. The summed E-state index contributed by atoms with van der Waals surface area (Å²) >= 11 is 6.42. The molecule has 0 aliphatic heterocycles. The highest BCUT2D eigenvalue weighted by Gasteiger charge is 2.34. The van der Waals surface area contributed by atoms with Crippen LogP contribution in [0.1, 0.15) is 43.3 Å². The number of pyridine rings is 1. The third kappa shape index (κ3) is 7.24. The summed E-state index contributed by atoms with van der Waals surface area (Å²) in [7, 11) is 0. The number of carbonyl (C=O) groups excluding carboxylic acids is 2. The molecule has 0 unspecified atom stereocenters. The van der Waals surface area contributed by atoms with Crippen molar-refractivity contribution in [3.63, 3.8) is 0 Å². The van der Waals surface area contributed by atoms with Gasteiger partial charge in [0.25, 0.3) is 11.8 Å². The lowest BCUT2D eigenvalue weighted by Gasteiger charge is -2.10. The van der Waals surface area contributed by atoms with E-state index in [4.69, 9.17) is 11.6 Å². The van der Waals surface area contributed by atoms with Crippen LogP contribution in [0, 0.1) is 0 Å². The van der Waals surface area contributed by atoms with Crippen molar-refractivity contribution in [3.05, 3.63) is 81.6 Å². The molecule has 3 aromatic rings. The highest BCUT2D eigenvalue weighted by atomic mass is 35.5. The molecule has 0 aliphatic rings. The van der Waals surface area contributed by atoms with Crippen molar-refractivity contribution < 1.29 is 27.2 Å². The van der Waals surface area contributed by atoms with E-state index < -0.39 is 34.5 Å². The van der Waals surface area contributed by atoms with E-state index in [1.165, 1.54) is 24.5 Å². The number of aromatic nitrogens is 4. The molecule has 15 heteroatoms. The Morgan fingerprint density at radius 1 is 1.14 bits per heavy atom. The van der Waals surface area contributed by atoms with Crippen LogP contribution in [-0.4, -0.2) is 37.7 Å². The van der Waals surface area contributed by atoms with Crippen molar-refractivity contribution in [2.75, 3.05) is 5.32 Å². The highest BCUT2D eigenvalue weighted by molar-refractivity contribution is 7.13. The van der Waals surface area contributed by atoms with Crippen molar-refractivity contribution >= 4 is 52.1 Å². The number of carbonyl (C=O) groups is 2. The van der Waals surface area contributed by atoms with E-state index in [0.29, 0.717) is 11.1 Å². The maximum atomic E-state index is 14.0. The van der Waals surface area contributed by atoms with Crippen LogP contribution >= 0.6 is 22.9 Å². The maximum Gasteiger partial charge on any atom is 0.418 e. The van der Waals surface area contributed by atoms with E-state index in [-0.39, 0.29) is 34.2 Å². The number of anilines is 1. The van der Waals surface area contributed by atoms with E-state index in [0.717, 1.165) is 23.9 Å². The first-order valence-corrected chi connectivity index (χ1v) is 11.3. The molecule has 192 valence electrons. The molecule has 2 N–H and O–H groups in total. The molecule has 37 heavy (non-hydrogen) atoms. The Morgan fingerprint density at radius 3 is 2.57 bits per heavy atom. The summed E-state index contributed by atoms with van der Waals surface area (Å²) in [5.74, 6) is -2.61. The van der Waals surface area contributed by atoms with Gasteiger partial charge >= 0.3 is 6.18 Å². The minimum Gasteiger partial charge on any atom is -0.344 e. The lowest BCUT2D eigenvalue weighted by Crippen LogP contribution is -2.24. The van der Waals surface area contributed by atoms with E-state index >= 15 is 0 Å². The van der Waals surface area contributed by atoms with Gasteiger partial charge in [0, 0.05) is 18.0 Å². The van der Waals surface area contributed by atoms with Crippen LogP contribution < -0.4 is 10.6 Å². The van der Waals surface area contributed by atoms with Gasteiger partial charge in [-0.05, 0) is 19.1 Å². The number of amides is 2. The number of hydrogen-bond acceptors (Lipinski definition) is 8. The predicted octanol–water partition coefficient (Wildman–Crippen LogP) is 5.10. The van der Waals surface area contributed by atoms with Crippen molar-refractivity contribution in [1.82, 2.24) is 25.3 Å². The number of nitrogens with one attached hydrogen (secondary N) is 2. The second kappa shape index (κ2) is 11.8. The molecule has 0 aliphatic carbocycles. The quantitative estimate of drug-likeness (QED) is 0.296. The van der Waals surface area contributed by atoms with Crippen LogP contribution in [-0.2, 0) is 12.7 Å². The second-order valence-electron chi connectivity index (χ2n) is 6.97. The number of alkyl halides is 3. The Bertz CT molecular complexity index is 1410. The van der Waals surface area contributed by atoms with Gasteiger partial charge in [-0.2, -0.15) is 17.6 Å². The molecular weight excluding hydrogens is 538 g/mol. The normalized spacial score (nSPS) is 12.0. The molecule has 0 atom stereocenters. The van der Waals surface area contributed by atoms with Gasteiger partial charge in [0.15, 0.2) is 0 Å². The first-order chi connectivity index (χ1) is 17.5. The van der Waals surface area contributed by atoms with Crippen LogP contribution in [0.3, 0.4) is 0 Å². The second-order valence-corrected chi connectivity index (χ2v) is 8.49. The van der Waals surface area contributed by atoms with Crippen LogP contribution in [0.5, 0.6) is 0 Å². The van der Waals surface area contributed by atoms with Crippen LogP contribution in [0.25, 0.3) is 5.57 Å². The number of thiazole rings is 1. The topological polar surface area (TPSA) is 122 Å². The van der Waals surface area contributed by atoms with E-state index in [1.807, 2.05) is 0 Å². The Balaban J connectivity index is 1.63. The zero-order chi connectivity index (χ0) is 27.2. The minimum atomic E-state index is -4.72. The molecule has 0 aromatic carbocycles. The number of halogens is 5. The SMILES string of the molecule is C=C(/C(F)=N\C=C/C)c1cc(C(=O)NCc2ncc(C(=O)Nc3cc(C(F)(F)F)c(Cl)cn3)s2)ncn1. The van der Waals surface area contributed by atoms with Crippen LogP contribution in [0.4, 0.5) is 23.4 Å². The maximum absolute atomic E-state index is 14.0. The number of allylic oxidation sites excluding steroid dienone is 2. The van der Waals surface area contributed by atoms with Gasteiger partial charge in [-0.15, -0.1) is 11.3 Å². The summed E-state index contributed by atoms with van der Waals surface area (Å²) in [6.07, 6.45) is 1.09. The smallest absolute Gasteiger partial charge is 0.344 e. The zero-order valence-corrected chi connectivity index (χ0v) is 20.4. The number of rotatable bonds is 8. The molecule has 3 rings (SSSR count). The fourth-order valence-corrected chi connectivity index (χ4v) is 3.58. The summed E-state index contributed by atoms with van der Waals surface area (Å²) < 4.78 is 53.0. The van der Waals surface area contributed by atoms with Gasteiger partial charge in [0.2, 0.25) is 5.97 Å². The Morgan fingerprint density at radius 2 is 1.86 bits per heavy atom. The van der Waals surface area contributed by atoms with Crippen molar-refractivity contribution in [2.45, 2.75) is 19.6 Å². The van der Waals surface area contributed by atoms with Crippen LogP contribution in [0.2, 0.25) is 5.02 Å². The lowest BCUT2D eigenvalue weighted by atomic mass is 10.2. The Labute approximate surface area is 216 Å². The molecule has 2 amide bonds. The average molecular weight is 554 g/mol. The van der Waals surface area contributed by atoms with Gasteiger partial charge in [-0.3, -0.25) is 9.59 Å². The summed E-state index contributed by atoms with van der Waals surface area (Å²) in [6, 6.07) is 1.85. The fraction of sp³-hybridized carbons (Fsp3) is 0.136. The molecule has 0 saturated carbocycles. The molecular formula is C22H16ClF4N7O2S. The molecule has 9 nitrogen and oxygen atoms in total. The third-order valence-corrected chi connectivity index (χ3v) is 5.67. The first kappa shape index (κ1) is 27.5. The number of aliphatic imine (C=N–C) groups is 1. The molecule has 0 bridgehead atoms. The molecule has 3 aromatic heterocycles. The van der Waals surface area contributed by atoms with Gasteiger partial charge in [0.1, 0.15) is 27.7 Å². The van der Waals surface area contributed by atoms with Gasteiger partial charge in [0.05, 0.1) is 29.0 Å². The number of nitrogens with zero attached hydrogens (tertiary/aromatic N) is 5. The Hall–Kier alpha value is -4.04. The predicted molar refractivity (Wildman–Crippen MR) is 130 cm³/mol. The lowest BCUT2D eigenvalue weighted by molar-refractivity contribution is -0.137. The summed E-state index contributed by atoms with van der Waals surface area (Å²) in [4.78, 5) is 43.9. The van der Waals surface area contributed by atoms with Gasteiger partial charge in [-0.1, -0.05) is 24.3 Å². The van der Waals surface area contributed by atoms with Crippen molar-refractivity contribution in [1.29, 1.82) is 0 Å². The molecule has 0 fully saturated rings. The summed E-state index contributed by atoms with van der Waals surface area (Å²) in [6.45, 7) is 5.14.